The summed E-state index contributed by atoms with van der Waals surface area (Å²) in [6, 6.07) is 8.55. The SMILES string of the molecule is C[C@H]1COc2ccccc2C2CCC(CC2)OC[C@H]2[C@@H](NS(C)(=O)=O)CCCN12. The number of sulfonamides is 1. The van der Waals surface area contributed by atoms with Crippen molar-refractivity contribution in [2.75, 3.05) is 26.0 Å². The molecule has 0 unspecified atom stereocenters. The van der Waals surface area contributed by atoms with Crippen molar-refractivity contribution in [1.82, 2.24) is 9.62 Å². The van der Waals surface area contributed by atoms with Crippen molar-refractivity contribution in [1.29, 1.82) is 0 Å². The summed E-state index contributed by atoms with van der Waals surface area (Å²) in [5.41, 5.74) is 1.32. The standard InChI is InChI=1S/C22H34N2O4S/c1-16-14-28-22-8-4-3-6-19(22)17-9-11-18(12-10-17)27-15-21-20(23-29(2,25)26)7-5-13-24(16)21/h3-4,6,8,16-18,20-21,23H,5,7,9-15H2,1-2H3/t16-,17?,18?,20-,21-/m0/s1. The zero-order valence-electron chi connectivity index (χ0n) is 17.5. The summed E-state index contributed by atoms with van der Waals surface area (Å²) in [5.74, 6) is 1.53. The number of benzene rings is 1. The molecule has 5 rings (SSSR count). The molecule has 1 N–H and O–H groups in total. The lowest BCUT2D eigenvalue weighted by Crippen LogP contribution is -2.60. The smallest absolute Gasteiger partial charge is 0.209 e. The van der Waals surface area contributed by atoms with Gasteiger partial charge < -0.3 is 9.47 Å². The Kier molecular flexibility index (Phi) is 6.49. The number of para-hydroxylation sites is 1. The molecule has 6 nitrogen and oxygen atoms in total. The fourth-order valence-corrected chi connectivity index (χ4v) is 6.11. The molecule has 3 aliphatic heterocycles. The lowest BCUT2D eigenvalue weighted by Gasteiger charge is -2.44. The number of piperidine rings is 1. The zero-order valence-corrected chi connectivity index (χ0v) is 18.4. The third kappa shape index (κ3) is 5.13. The quantitative estimate of drug-likeness (QED) is 0.794. The number of rotatable bonds is 2. The van der Waals surface area contributed by atoms with Crippen LogP contribution in [0.15, 0.2) is 24.3 Å². The van der Waals surface area contributed by atoms with Gasteiger partial charge in [-0.05, 0) is 69.5 Å². The maximum absolute atomic E-state index is 11.9. The van der Waals surface area contributed by atoms with Crippen LogP contribution in [-0.4, -0.2) is 63.6 Å². The summed E-state index contributed by atoms with van der Waals surface area (Å²) in [7, 11) is -3.26. The maximum Gasteiger partial charge on any atom is 0.209 e. The van der Waals surface area contributed by atoms with Crippen LogP contribution in [0.2, 0.25) is 0 Å². The van der Waals surface area contributed by atoms with E-state index in [0.717, 1.165) is 50.8 Å². The van der Waals surface area contributed by atoms with Crippen LogP contribution in [-0.2, 0) is 14.8 Å². The molecule has 1 aromatic rings. The van der Waals surface area contributed by atoms with Crippen LogP contribution >= 0.6 is 0 Å². The Bertz CT molecular complexity index is 792. The molecule has 1 aromatic carbocycles. The monoisotopic (exact) mass is 422 g/mol. The molecule has 4 aliphatic rings. The van der Waals surface area contributed by atoms with Crippen molar-refractivity contribution in [2.45, 2.75) is 75.6 Å². The molecule has 3 heterocycles. The minimum Gasteiger partial charge on any atom is -0.492 e. The summed E-state index contributed by atoms with van der Waals surface area (Å²) in [5, 5.41) is 0. The Morgan fingerprint density at radius 3 is 2.59 bits per heavy atom. The third-order valence-electron chi connectivity index (χ3n) is 6.77. The molecule has 0 spiro atoms. The first-order chi connectivity index (χ1) is 13.9. The highest BCUT2D eigenvalue weighted by atomic mass is 32.2. The fraction of sp³-hybridized carbons (Fsp3) is 0.727. The van der Waals surface area contributed by atoms with E-state index in [1.54, 1.807) is 0 Å². The molecule has 162 valence electrons. The normalized spacial score (nSPS) is 34.1. The van der Waals surface area contributed by atoms with E-state index >= 15 is 0 Å². The van der Waals surface area contributed by atoms with Gasteiger partial charge in [0, 0.05) is 18.1 Å². The van der Waals surface area contributed by atoms with Crippen molar-refractivity contribution in [3.05, 3.63) is 29.8 Å². The van der Waals surface area contributed by atoms with Crippen molar-refractivity contribution < 1.29 is 17.9 Å². The van der Waals surface area contributed by atoms with E-state index in [1.807, 2.05) is 6.07 Å². The highest BCUT2D eigenvalue weighted by molar-refractivity contribution is 7.88. The van der Waals surface area contributed by atoms with Gasteiger partial charge in [0.05, 0.1) is 19.0 Å². The zero-order chi connectivity index (χ0) is 20.4. The van der Waals surface area contributed by atoms with Gasteiger partial charge in [-0.2, -0.15) is 0 Å². The summed E-state index contributed by atoms with van der Waals surface area (Å²) >= 11 is 0. The predicted octanol–water partition coefficient (Wildman–Crippen LogP) is 2.89. The Balaban J connectivity index is 1.60. The van der Waals surface area contributed by atoms with E-state index in [-0.39, 0.29) is 24.2 Å². The van der Waals surface area contributed by atoms with Crippen LogP contribution in [0.3, 0.4) is 0 Å². The molecule has 1 saturated heterocycles. The van der Waals surface area contributed by atoms with Gasteiger partial charge in [-0.1, -0.05) is 18.2 Å². The van der Waals surface area contributed by atoms with Crippen LogP contribution in [0.4, 0.5) is 0 Å². The second kappa shape index (κ2) is 8.92. The third-order valence-corrected chi connectivity index (χ3v) is 7.50. The van der Waals surface area contributed by atoms with E-state index in [1.165, 1.54) is 11.8 Å². The van der Waals surface area contributed by atoms with Gasteiger partial charge in [0.15, 0.2) is 0 Å². The Hall–Kier alpha value is -1.15. The number of hydrogen-bond acceptors (Lipinski definition) is 5. The van der Waals surface area contributed by atoms with E-state index < -0.39 is 10.0 Å². The van der Waals surface area contributed by atoms with Crippen LogP contribution in [0, 0.1) is 0 Å². The first-order valence-corrected chi connectivity index (χ1v) is 12.9. The maximum atomic E-state index is 11.9. The van der Waals surface area contributed by atoms with E-state index in [9.17, 15) is 8.42 Å². The molecule has 1 aliphatic carbocycles. The lowest BCUT2D eigenvalue weighted by atomic mass is 9.82. The van der Waals surface area contributed by atoms with Crippen LogP contribution < -0.4 is 9.46 Å². The van der Waals surface area contributed by atoms with E-state index in [2.05, 4.69) is 34.7 Å². The highest BCUT2D eigenvalue weighted by Crippen LogP contribution is 2.39. The number of nitrogens with zero attached hydrogens (tertiary/aromatic N) is 1. The second-order valence-electron chi connectivity index (χ2n) is 8.95. The number of hydrogen-bond donors (Lipinski definition) is 1. The Labute approximate surface area is 175 Å². The number of nitrogens with one attached hydrogen (secondary N) is 1. The fourth-order valence-electron chi connectivity index (χ4n) is 5.29. The number of ether oxygens (including phenoxy) is 2. The van der Waals surface area contributed by atoms with Gasteiger partial charge in [0.25, 0.3) is 0 Å². The molecule has 0 aromatic heterocycles. The molecule has 7 heteroatoms. The van der Waals surface area contributed by atoms with Crippen molar-refractivity contribution >= 4 is 10.0 Å². The summed E-state index contributed by atoms with van der Waals surface area (Å²) in [4.78, 5) is 2.39. The molecule has 0 amide bonds. The average Bonchev–Trinajstić information content (AvgIpc) is 2.71. The summed E-state index contributed by atoms with van der Waals surface area (Å²) < 4.78 is 39.5. The van der Waals surface area contributed by atoms with E-state index in [4.69, 9.17) is 9.47 Å². The summed E-state index contributed by atoms with van der Waals surface area (Å²) in [6.07, 6.45) is 7.64. The van der Waals surface area contributed by atoms with Crippen molar-refractivity contribution in [3.63, 3.8) is 0 Å². The molecule has 2 bridgehead atoms. The topological polar surface area (TPSA) is 67.9 Å². The molecule has 2 fully saturated rings. The summed E-state index contributed by atoms with van der Waals surface area (Å²) in [6.45, 7) is 4.27. The van der Waals surface area contributed by atoms with Gasteiger partial charge in [0.1, 0.15) is 12.4 Å². The van der Waals surface area contributed by atoms with Gasteiger partial charge in [-0.25, -0.2) is 13.1 Å². The molecule has 1 saturated carbocycles. The van der Waals surface area contributed by atoms with Crippen LogP contribution in [0.25, 0.3) is 0 Å². The lowest BCUT2D eigenvalue weighted by molar-refractivity contribution is -0.0402. The van der Waals surface area contributed by atoms with Gasteiger partial charge >= 0.3 is 0 Å². The molecular formula is C22H34N2O4S. The van der Waals surface area contributed by atoms with Gasteiger partial charge in [-0.15, -0.1) is 0 Å². The minimum atomic E-state index is -3.26. The number of fused-ring (bicyclic) bond motifs is 5. The van der Waals surface area contributed by atoms with Crippen LogP contribution in [0.1, 0.15) is 56.9 Å². The second-order valence-corrected chi connectivity index (χ2v) is 10.7. The van der Waals surface area contributed by atoms with Crippen molar-refractivity contribution in [3.8, 4) is 5.75 Å². The highest BCUT2D eigenvalue weighted by Gasteiger charge is 2.37. The van der Waals surface area contributed by atoms with Gasteiger partial charge in [-0.3, -0.25) is 4.90 Å². The average molecular weight is 423 g/mol. The van der Waals surface area contributed by atoms with Crippen LogP contribution in [0.5, 0.6) is 5.75 Å². The molecule has 29 heavy (non-hydrogen) atoms. The first kappa shape index (κ1) is 21.1. The minimum absolute atomic E-state index is 0.0331. The molecular weight excluding hydrogens is 388 g/mol. The largest absolute Gasteiger partial charge is 0.492 e. The first-order valence-electron chi connectivity index (χ1n) is 11.0. The van der Waals surface area contributed by atoms with Gasteiger partial charge in [0.2, 0.25) is 10.0 Å². The Morgan fingerprint density at radius 1 is 1.07 bits per heavy atom. The molecule has 0 radical (unpaired) electrons. The van der Waals surface area contributed by atoms with E-state index in [0.29, 0.717) is 19.1 Å². The predicted molar refractivity (Wildman–Crippen MR) is 114 cm³/mol. The van der Waals surface area contributed by atoms with Crippen molar-refractivity contribution in [2.24, 2.45) is 0 Å². The molecule has 3 atom stereocenters. The Morgan fingerprint density at radius 2 is 1.83 bits per heavy atom.